The van der Waals surface area contributed by atoms with Crippen molar-refractivity contribution in [2.24, 2.45) is 0 Å². The second-order valence-corrected chi connectivity index (χ2v) is 7.43. The number of anilines is 1. The molecular formula is C20H30N2O5. The number of nitrogens with zero attached hydrogens (tertiary/aromatic N) is 1. The lowest BCUT2D eigenvalue weighted by Crippen LogP contribution is -2.34. The van der Waals surface area contributed by atoms with Crippen LogP contribution in [0.5, 0.6) is 0 Å². The van der Waals surface area contributed by atoms with E-state index in [-0.39, 0.29) is 23.1 Å². The van der Waals surface area contributed by atoms with Crippen LogP contribution in [0.1, 0.15) is 67.2 Å². The number of ketones is 1. The van der Waals surface area contributed by atoms with E-state index in [1.165, 1.54) is 24.1 Å². The van der Waals surface area contributed by atoms with E-state index in [0.29, 0.717) is 24.9 Å². The monoisotopic (exact) mass is 378 g/mol. The number of ether oxygens (including phenoxy) is 2. The number of carbonyl (C=O) groups is 3. The Bertz CT molecular complexity index is 679. The Morgan fingerprint density at radius 3 is 2.37 bits per heavy atom. The number of amides is 1. The summed E-state index contributed by atoms with van der Waals surface area (Å²) in [5.74, 6) is -0.618. The van der Waals surface area contributed by atoms with Crippen LogP contribution in [0.3, 0.4) is 0 Å². The summed E-state index contributed by atoms with van der Waals surface area (Å²) < 4.78 is 9.95. The molecule has 0 radical (unpaired) electrons. The standard InChI is InChI=1S/C20H30N2O5/c1-20(2,3)27-19(25)22(4)12-8-6-7-9-17(23)14-10-11-16(21)15(13-14)18(24)26-5/h10-11,13H,6-9,12,21H2,1-5H3. The van der Waals surface area contributed by atoms with Gasteiger partial charge < -0.3 is 20.1 Å². The van der Waals surface area contributed by atoms with E-state index in [1.54, 1.807) is 13.1 Å². The van der Waals surface area contributed by atoms with E-state index in [2.05, 4.69) is 4.74 Å². The third-order valence-electron chi connectivity index (χ3n) is 3.88. The summed E-state index contributed by atoms with van der Waals surface area (Å²) in [6, 6.07) is 4.62. The fraction of sp³-hybridized carbons (Fsp3) is 0.550. The molecule has 7 heteroatoms. The molecule has 0 aliphatic rings. The molecule has 1 aromatic carbocycles. The minimum absolute atomic E-state index is 0.0550. The first-order valence-corrected chi connectivity index (χ1v) is 9.00. The highest BCUT2D eigenvalue weighted by Gasteiger charge is 2.19. The molecule has 7 nitrogen and oxygen atoms in total. The van der Waals surface area contributed by atoms with Crippen molar-refractivity contribution in [3.05, 3.63) is 29.3 Å². The fourth-order valence-electron chi connectivity index (χ4n) is 2.40. The summed E-state index contributed by atoms with van der Waals surface area (Å²) in [6.45, 7) is 6.05. The van der Waals surface area contributed by atoms with Crippen LogP contribution >= 0.6 is 0 Å². The number of benzene rings is 1. The summed E-state index contributed by atoms with van der Waals surface area (Å²) >= 11 is 0. The zero-order valence-corrected chi connectivity index (χ0v) is 16.8. The molecular weight excluding hydrogens is 348 g/mol. The number of carbonyl (C=O) groups excluding carboxylic acids is 3. The average molecular weight is 378 g/mol. The van der Waals surface area contributed by atoms with Crippen LogP contribution in [-0.2, 0) is 9.47 Å². The molecule has 0 spiro atoms. The molecule has 0 fully saturated rings. The molecule has 27 heavy (non-hydrogen) atoms. The predicted molar refractivity (Wildman–Crippen MR) is 104 cm³/mol. The van der Waals surface area contributed by atoms with E-state index < -0.39 is 11.6 Å². The van der Waals surface area contributed by atoms with E-state index in [9.17, 15) is 14.4 Å². The summed E-state index contributed by atoms with van der Waals surface area (Å²) in [5.41, 5.74) is 6.15. The van der Waals surface area contributed by atoms with Crippen LogP contribution in [0.2, 0.25) is 0 Å². The maximum Gasteiger partial charge on any atom is 0.410 e. The molecule has 150 valence electrons. The lowest BCUT2D eigenvalue weighted by molar-refractivity contribution is 0.0295. The summed E-state index contributed by atoms with van der Waals surface area (Å²) in [4.78, 5) is 37.4. The first kappa shape index (κ1) is 22.5. The molecule has 0 aliphatic heterocycles. The topological polar surface area (TPSA) is 98.9 Å². The van der Waals surface area contributed by atoms with E-state index >= 15 is 0 Å². The van der Waals surface area contributed by atoms with Crippen LogP contribution in [0.15, 0.2) is 18.2 Å². The van der Waals surface area contributed by atoms with Crippen molar-refractivity contribution in [1.82, 2.24) is 4.90 Å². The minimum Gasteiger partial charge on any atom is -0.465 e. The van der Waals surface area contributed by atoms with E-state index in [1.807, 2.05) is 20.8 Å². The molecule has 1 amide bonds. The summed E-state index contributed by atoms with van der Waals surface area (Å²) in [7, 11) is 2.96. The van der Waals surface area contributed by atoms with Gasteiger partial charge in [-0.1, -0.05) is 6.42 Å². The number of unbranched alkanes of at least 4 members (excludes halogenated alkanes) is 2. The largest absolute Gasteiger partial charge is 0.465 e. The highest BCUT2D eigenvalue weighted by Crippen LogP contribution is 2.18. The number of nitrogen functional groups attached to an aromatic ring is 1. The van der Waals surface area contributed by atoms with Crippen molar-refractivity contribution in [3.63, 3.8) is 0 Å². The zero-order chi connectivity index (χ0) is 20.6. The fourth-order valence-corrected chi connectivity index (χ4v) is 2.40. The number of rotatable bonds is 8. The van der Waals surface area contributed by atoms with Crippen molar-refractivity contribution < 1.29 is 23.9 Å². The molecule has 2 N–H and O–H groups in total. The van der Waals surface area contributed by atoms with Gasteiger partial charge in [-0.15, -0.1) is 0 Å². The number of methoxy groups -OCH3 is 1. The molecule has 0 saturated carbocycles. The van der Waals surface area contributed by atoms with Crippen LogP contribution in [-0.4, -0.2) is 49.0 Å². The Kier molecular flexibility index (Phi) is 8.28. The first-order chi connectivity index (χ1) is 12.5. The van der Waals surface area contributed by atoms with Crippen LogP contribution in [0, 0.1) is 0 Å². The molecule has 0 bridgehead atoms. The highest BCUT2D eigenvalue weighted by molar-refractivity contribution is 6.01. The van der Waals surface area contributed by atoms with Crippen molar-refractivity contribution in [2.45, 2.75) is 52.1 Å². The van der Waals surface area contributed by atoms with Gasteiger partial charge in [-0.2, -0.15) is 0 Å². The van der Waals surface area contributed by atoms with Gasteiger partial charge in [-0.3, -0.25) is 4.79 Å². The smallest absolute Gasteiger partial charge is 0.410 e. The maximum atomic E-state index is 12.3. The third-order valence-corrected chi connectivity index (χ3v) is 3.88. The van der Waals surface area contributed by atoms with E-state index in [4.69, 9.17) is 10.5 Å². The molecule has 0 unspecified atom stereocenters. The van der Waals surface area contributed by atoms with Crippen LogP contribution in [0.4, 0.5) is 10.5 Å². The average Bonchev–Trinajstić information content (AvgIpc) is 2.59. The Morgan fingerprint density at radius 1 is 1.11 bits per heavy atom. The lowest BCUT2D eigenvalue weighted by Gasteiger charge is -2.24. The lowest BCUT2D eigenvalue weighted by atomic mass is 10.0. The molecule has 0 heterocycles. The van der Waals surface area contributed by atoms with Crippen LogP contribution in [0.25, 0.3) is 0 Å². The Morgan fingerprint density at radius 2 is 1.78 bits per heavy atom. The van der Waals surface area contributed by atoms with Crippen molar-refractivity contribution in [2.75, 3.05) is 26.4 Å². The third kappa shape index (κ3) is 7.68. The second kappa shape index (κ2) is 9.94. The number of esters is 1. The summed E-state index contributed by atoms with van der Waals surface area (Å²) in [6.07, 6.45) is 2.28. The highest BCUT2D eigenvalue weighted by atomic mass is 16.6. The number of hydrogen-bond acceptors (Lipinski definition) is 6. The number of hydrogen-bond donors (Lipinski definition) is 1. The van der Waals surface area contributed by atoms with Gasteiger partial charge in [0.1, 0.15) is 5.60 Å². The normalized spacial score (nSPS) is 11.0. The second-order valence-electron chi connectivity index (χ2n) is 7.43. The SMILES string of the molecule is COC(=O)c1cc(C(=O)CCCCCN(C)C(=O)OC(C)(C)C)ccc1N. The molecule has 1 rings (SSSR count). The Labute approximate surface area is 160 Å². The van der Waals surface area contributed by atoms with Crippen molar-refractivity contribution >= 4 is 23.5 Å². The van der Waals surface area contributed by atoms with Crippen molar-refractivity contribution in [3.8, 4) is 0 Å². The van der Waals surface area contributed by atoms with E-state index in [0.717, 1.165) is 12.8 Å². The van der Waals surface area contributed by atoms with Gasteiger partial charge in [-0.25, -0.2) is 9.59 Å². The van der Waals surface area contributed by atoms with Gasteiger partial charge in [0.25, 0.3) is 0 Å². The van der Waals surface area contributed by atoms with Gasteiger partial charge in [0.2, 0.25) is 0 Å². The van der Waals surface area contributed by atoms with Gasteiger partial charge in [0.15, 0.2) is 5.78 Å². The van der Waals surface area contributed by atoms with Gasteiger partial charge in [-0.05, 0) is 51.8 Å². The Hall–Kier alpha value is -2.57. The molecule has 0 atom stereocenters. The summed E-state index contributed by atoms with van der Waals surface area (Å²) in [5, 5.41) is 0. The maximum absolute atomic E-state index is 12.3. The molecule has 0 aromatic heterocycles. The number of Topliss-reactive ketones (excluding diaryl/α,β-unsaturated/α-hetero) is 1. The van der Waals surface area contributed by atoms with Gasteiger partial charge >= 0.3 is 12.1 Å². The van der Waals surface area contributed by atoms with Gasteiger partial charge in [0, 0.05) is 31.3 Å². The first-order valence-electron chi connectivity index (χ1n) is 9.00. The Balaban J connectivity index is 2.42. The quantitative estimate of drug-likeness (QED) is 0.321. The molecule has 1 aromatic rings. The number of nitrogens with two attached hydrogens (primary N) is 1. The minimum atomic E-state index is -0.563. The molecule has 0 aliphatic carbocycles. The predicted octanol–water partition coefficient (Wildman–Crippen LogP) is 3.67. The molecule has 0 saturated heterocycles. The van der Waals surface area contributed by atoms with Gasteiger partial charge in [0.05, 0.1) is 12.7 Å². The zero-order valence-electron chi connectivity index (χ0n) is 16.8. The van der Waals surface area contributed by atoms with Crippen molar-refractivity contribution in [1.29, 1.82) is 0 Å². The van der Waals surface area contributed by atoms with Crippen LogP contribution < -0.4 is 5.73 Å².